The van der Waals surface area contributed by atoms with Crippen LogP contribution in [0.4, 0.5) is 0 Å². The Balaban J connectivity index is 3.01. The van der Waals surface area contributed by atoms with Gasteiger partial charge in [-0.05, 0) is 26.8 Å². The molecular weight excluding hydrogens is 326 g/mol. The number of fused-ring (bicyclic) bond motifs is 1. The molecule has 0 saturated heterocycles. The Morgan fingerprint density at radius 3 is 2.32 bits per heavy atom. The topological polar surface area (TPSA) is 87.0 Å². The van der Waals surface area contributed by atoms with E-state index in [1.165, 1.54) is 24.9 Å². The molecule has 7 nitrogen and oxygen atoms in total. The molecule has 1 aromatic carbocycles. The summed E-state index contributed by atoms with van der Waals surface area (Å²) < 4.78 is 16.7. The molecule has 1 N–H and O–H groups in total. The van der Waals surface area contributed by atoms with E-state index in [2.05, 4.69) is 0 Å². The van der Waals surface area contributed by atoms with Crippen LogP contribution in [0.2, 0.25) is 0 Å². The van der Waals surface area contributed by atoms with Gasteiger partial charge < -0.3 is 19.3 Å². The first kappa shape index (κ1) is 18.4. The van der Waals surface area contributed by atoms with Crippen molar-refractivity contribution in [2.24, 2.45) is 0 Å². The standard InChI is InChI=1S/C18H21NO6/c1-6-25-18(22)15-16(20)11-7-13(23-4)14(24-5)8-12(11)19(17(15)21)9-10(2)3/h7-9,20H,6H2,1-5H3. The summed E-state index contributed by atoms with van der Waals surface area (Å²) in [6.45, 7) is 5.34. The van der Waals surface area contributed by atoms with Crippen LogP contribution in [0.25, 0.3) is 17.1 Å². The number of nitrogens with zero attached hydrogens (tertiary/aromatic N) is 1. The van der Waals surface area contributed by atoms with Gasteiger partial charge in [0, 0.05) is 17.7 Å². The lowest BCUT2D eigenvalue weighted by atomic mass is 10.1. The maximum atomic E-state index is 12.8. The lowest BCUT2D eigenvalue weighted by Gasteiger charge is -2.15. The third-order valence-corrected chi connectivity index (χ3v) is 3.55. The number of aromatic hydroxyl groups is 1. The van der Waals surface area contributed by atoms with Gasteiger partial charge in [-0.15, -0.1) is 0 Å². The van der Waals surface area contributed by atoms with E-state index in [0.717, 1.165) is 5.57 Å². The number of methoxy groups -OCH3 is 2. The Labute approximate surface area is 145 Å². The SMILES string of the molecule is CCOC(=O)c1c(O)c2cc(OC)c(OC)cc2n(C=C(C)C)c1=O. The van der Waals surface area contributed by atoms with Gasteiger partial charge in [0.25, 0.3) is 5.56 Å². The summed E-state index contributed by atoms with van der Waals surface area (Å²) in [5.74, 6) is -0.563. The second-order valence-corrected chi connectivity index (χ2v) is 5.55. The molecule has 1 aromatic heterocycles. The predicted octanol–water partition coefficient (Wildman–Crippen LogP) is 2.78. The first-order chi connectivity index (χ1) is 11.8. The number of esters is 1. The summed E-state index contributed by atoms with van der Waals surface area (Å²) in [5, 5.41) is 10.8. The molecule has 0 aliphatic heterocycles. The van der Waals surface area contributed by atoms with Gasteiger partial charge in [-0.25, -0.2) is 4.79 Å². The average Bonchev–Trinajstić information content (AvgIpc) is 2.57. The summed E-state index contributed by atoms with van der Waals surface area (Å²) in [6.07, 6.45) is 1.58. The molecule has 0 aliphatic rings. The average molecular weight is 347 g/mol. The summed E-state index contributed by atoms with van der Waals surface area (Å²) in [5.41, 5.74) is 0.129. The highest BCUT2D eigenvalue weighted by molar-refractivity contribution is 6.01. The van der Waals surface area contributed by atoms with Crippen LogP contribution < -0.4 is 15.0 Å². The summed E-state index contributed by atoms with van der Waals surface area (Å²) in [7, 11) is 2.93. The minimum Gasteiger partial charge on any atom is -0.506 e. The van der Waals surface area contributed by atoms with E-state index in [0.29, 0.717) is 17.0 Å². The van der Waals surface area contributed by atoms with Gasteiger partial charge >= 0.3 is 5.97 Å². The molecule has 0 amide bonds. The molecule has 2 aromatic rings. The third-order valence-electron chi connectivity index (χ3n) is 3.55. The van der Waals surface area contributed by atoms with Crippen molar-refractivity contribution in [2.75, 3.05) is 20.8 Å². The highest BCUT2D eigenvalue weighted by Gasteiger charge is 2.24. The second-order valence-electron chi connectivity index (χ2n) is 5.55. The molecule has 0 spiro atoms. The molecule has 0 radical (unpaired) electrons. The molecule has 7 heteroatoms. The fourth-order valence-corrected chi connectivity index (χ4v) is 2.50. The molecule has 25 heavy (non-hydrogen) atoms. The number of pyridine rings is 1. The Morgan fingerprint density at radius 1 is 1.20 bits per heavy atom. The molecular formula is C18H21NO6. The fourth-order valence-electron chi connectivity index (χ4n) is 2.50. The largest absolute Gasteiger partial charge is 0.506 e. The van der Waals surface area contributed by atoms with E-state index >= 15 is 0 Å². The molecule has 0 saturated carbocycles. The van der Waals surface area contributed by atoms with Crippen LogP contribution in [0.5, 0.6) is 17.2 Å². The van der Waals surface area contributed by atoms with Gasteiger partial charge in [0.2, 0.25) is 0 Å². The molecule has 2 rings (SSSR count). The third kappa shape index (κ3) is 3.31. The Hall–Kier alpha value is -2.96. The van der Waals surface area contributed by atoms with Crippen LogP contribution in [0.1, 0.15) is 31.1 Å². The predicted molar refractivity (Wildman–Crippen MR) is 94.6 cm³/mol. The number of carbonyl (C=O) groups is 1. The number of benzene rings is 1. The van der Waals surface area contributed by atoms with Crippen molar-refractivity contribution in [1.82, 2.24) is 4.57 Å². The number of hydrogen-bond donors (Lipinski definition) is 1. The van der Waals surface area contributed by atoms with Crippen LogP contribution >= 0.6 is 0 Å². The monoisotopic (exact) mass is 347 g/mol. The zero-order chi connectivity index (χ0) is 18.7. The van der Waals surface area contributed by atoms with Crippen LogP contribution in [0.3, 0.4) is 0 Å². The molecule has 0 fully saturated rings. The van der Waals surface area contributed by atoms with Crippen molar-refractivity contribution in [3.63, 3.8) is 0 Å². The van der Waals surface area contributed by atoms with Crippen LogP contribution in [0, 0.1) is 0 Å². The highest BCUT2D eigenvalue weighted by Crippen LogP contribution is 2.36. The van der Waals surface area contributed by atoms with Gasteiger partial charge in [-0.3, -0.25) is 9.36 Å². The maximum Gasteiger partial charge on any atom is 0.347 e. The van der Waals surface area contributed by atoms with Gasteiger partial charge in [0.05, 0.1) is 26.3 Å². The van der Waals surface area contributed by atoms with Crippen molar-refractivity contribution in [3.8, 4) is 17.2 Å². The Morgan fingerprint density at radius 2 is 1.80 bits per heavy atom. The first-order valence-corrected chi connectivity index (χ1v) is 7.71. The number of ether oxygens (including phenoxy) is 3. The number of hydrogen-bond acceptors (Lipinski definition) is 6. The molecule has 0 aliphatic carbocycles. The van der Waals surface area contributed by atoms with Crippen molar-refractivity contribution in [3.05, 3.63) is 33.6 Å². The highest BCUT2D eigenvalue weighted by atomic mass is 16.5. The van der Waals surface area contributed by atoms with Crippen molar-refractivity contribution in [2.45, 2.75) is 20.8 Å². The zero-order valence-electron chi connectivity index (χ0n) is 14.9. The van der Waals surface area contributed by atoms with Crippen molar-refractivity contribution < 1.29 is 24.1 Å². The van der Waals surface area contributed by atoms with Gasteiger partial charge in [-0.2, -0.15) is 0 Å². The summed E-state index contributed by atoms with van der Waals surface area (Å²) in [6, 6.07) is 3.09. The van der Waals surface area contributed by atoms with E-state index in [1.807, 2.05) is 13.8 Å². The van der Waals surface area contributed by atoms with Crippen LogP contribution in [-0.2, 0) is 4.74 Å². The van der Waals surface area contributed by atoms with Crippen molar-refractivity contribution >= 4 is 23.1 Å². The maximum absolute atomic E-state index is 12.8. The van der Waals surface area contributed by atoms with Crippen molar-refractivity contribution in [1.29, 1.82) is 0 Å². The minimum atomic E-state index is -0.877. The lowest BCUT2D eigenvalue weighted by molar-refractivity contribution is 0.0521. The number of carbonyl (C=O) groups excluding carboxylic acids is 1. The van der Waals surface area contributed by atoms with E-state index in [9.17, 15) is 14.7 Å². The van der Waals surface area contributed by atoms with E-state index in [1.54, 1.807) is 19.2 Å². The zero-order valence-corrected chi connectivity index (χ0v) is 14.9. The molecule has 1 heterocycles. The molecule has 0 bridgehead atoms. The number of rotatable bonds is 5. The summed E-state index contributed by atoms with van der Waals surface area (Å²) >= 11 is 0. The number of allylic oxidation sites excluding steroid dienone is 1. The van der Waals surface area contributed by atoms with Crippen LogP contribution in [-0.4, -0.2) is 36.5 Å². The smallest absolute Gasteiger partial charge is 0.347 e. The Bertz CT molecular complexity index is 906. The fraction of sp³-hybridized carbons (Fsp3) is 0.333. The van der Waals surface area contributed by atoms with E-state index in [-0.39, 0.29) is 12.0 Å². The molecule has 0 unspecified atom stereocenters. The van der Waals surface area contributed by atoms with Gasteiger partial charge in [-0.1, -0.05) is 5.57 Å². The van der Waals surface area contributed by atoms with Gasteiger partial charge in [0.15, 0.2) is 17.1 Å². The quantitative estimate of drug-likeness (QED) is 0.837. The number of aromatic nitrogens is 1. The minimum absolute atomic E-state index is 0.0876. The molecule has 0 atom stereocenters. The van der Waals surface area contributed by atoms with E-state index < -0.39 is 22.8 Å². The normalized spacial score (nSPS) is 10.4. The second kappa shape index (κ2) is 7.29. The van der Waals surface area contributed by atoms with Crippen LogP contribution in [0.15, 0.2) is 22.5 Å². The molecule has 134 valence electrons. The van der Waals surface area contributed by atoms with Gasteiger partial charge in [0.1, 0.15) is 5.75 Å². The lowest BCUT2D eigenvalue weighted by Crippen LogP contribution is -2.25. The Kier molecular flexibility index (Phi) is 5.36. The first-order valence-electron chi connectivity index (χ1n) is 7.71. The summed E-state index contributed by atoms with van der Waals surface area (Å²) in [4.78, 5) is 25.0. The van der Waals surface area contributed by atoms with E-state index in [4.69, 9.17) is 14.2 Å².